The van der Waals surface area contributed by atoms with Crippen molar-refractivity contribution in [2.24, 2.45) is 0 Å². The summed E-state index contributed by atoms with van der Waals surface area (Å²) in [7, 11) is -3.80. The number of carbonyl (C=O) groups is 1. The molecule has 1 unspecified atom stereocenters. The molecule has 3 rings (SSSR count). The molecule has 0 amide bonds. The SMILES string of the molecule is Cc1ccc(S(=O)(=O)NC(C)C(=O)Oc2c[nH]c3ccccc23)cc1. The lowest BCUT2D eigenvalue weighted by Gasteiger charge is -2.13. The van der Waals surface area contributed by atoms with E-state index in [2.05, 4.69) is 9.71 Å². The number of esters is 1. The Morgan fingerprint density at radius 2 is 1.80 bits per heavy atom. The molecular weight excluding hydrogens is 340 g/mol. The van der Waals surface area contributed by atoms with Gasteiger partial charge in [-0.1, -0.05) is 29.8 Å². The Morgan fingerprint density at radius 3 is 2.52 bits per heavy atom. The van der Waals surface area contributed by atoms with Crippen molar-refractivity contribution in [2.75, 3.05) is 0 Å². The van der Waals surface area contributed by atoms with Crippen LogP contribution >= 0.6 is 0 Å². The van der Waals surface area contributed by atoms with Gasteiger partial charge in [-0.05, 0) is 38.1 Å². The van der Waals surface area contributed by atoms with Crippen molar-refractivity contribution in [1.82, 2.24) is 9.71 Å². The minimum atomic E-state index is -3.80. The Hall–Kier alpha value is -2.64. The van der Waals surface area contributed by atoms with E-state index in [-0.39, 0.29) is 4.90 Å². The molecule has 0 aliphatic heterocycles. The van der Waals surface area contributed by atoms with E-state index in [0.717, 1.165) is 16.5 Å². The van der Waals surface area contributed by atoms with Crippen LogP contribution in [0, 0.1) is 6.92 Å². The number of ether oxygens (including phenoxy) is 1. The Balaban J connectivity index is 1.73. The van der Waals surface area contributed by atoms with Crippen LogP contribution in [0.3, 0.4) is 0 Å². The zero-order valence-corrected chi connectivity index (χ0v) is 14.6. The molecule has 1 heterocycles. The summed E-state index contributed by atoms with van der Waals surface area (Å²) in [5.41, 5.74) is 1.78. The number of fused-ring (bicyclic) bond motifs is 1. The molecule has 0 saturated heterocycles. The number of para-hydroxylation sites is 1. The number of benzene rings is 2. The Kier molecular flexibility index (Phi) is 4.61. The molecule has 0 spiro atoms. The Bertz CT molecular complexity index is 1010. The van der Waals surface area contributed by atoms with E-state index in [9.17, 15) is 13.2 Å². The number of nitrogens with one attached hydrogen (secondary N) is 2. The summed E-state index contributed by atoms with van der Waals surface area (Å²) < 4.78 is 32.4. The molecule has 7 heteroatoms. The normalized spacial score (nSPS) is 12.9. The van der Waals surface area contributed by atoms with Crippen molar-refractivity contribution >= 4 is 26.9 Å². The molecule has 0 aliphatic carbocycles. The lowest BCUT2D eigenvalue weighted by atomic mass is 10.2. The van der Waals surface area contributed by atoms with Gasteiger partial charge in [0.1, 0.15) is 6.04 Å². The molecule has 2 aromatic carbocycles. The van der Waals surface area contributed by atoms with E-state index in [1.165, 1.54) is 19.1 Å². The minimum absolute atomic E-state index is 0.102. The number of aromatic nitrogens is 1. The number of sulfonamides is 1. The Morgan fingerprint density at radius 1 is 1.12 bits per heavy atom. The van der Waals surface area contributed by atoms with Gasteiger partial charge in [0.2, 0.25) is 10.0 Å². The number of H-pyrrole nitrogens is 1. The smallest absolute Gasteiger partial charge is 0.329 e. The first-order chi connectivity index (χ1) is 11.9. The van der Waals surface area contributed by atoms with E-state index in [4.69, 9.17) is 4.74 Å². The molecule has 0 bridgehead atoms. The summed E-state index contributed by atoms with van der Waals surface area (Å²) in [6.07, 6.45) is 1.57. The average Bonchev–Trinajstić information content (AvgIpc) is 2.98. The number of hydrogen-bond donors (Lipinski definition) is 2. The summed E-state index contributed by atoms with van der Waals surface area (Å²) >= 11 is 0. The Labute approximate surface area is 145 Å². The standard InChI is InChI=1S/C18H18N2O4S/c1-12-7-9-14(10-8-12)25(22,23)20-13(2)18(21)24-17-11-19-16-6-4-3-5-15(16)17/h3-11,13,19-20H,1-2H3. The molecule has 130 valence electrons. The average molecular weight is 358 g/mol. The van der Waals surface area contributed by atoms with Crippen LogP contribution < -0.4 is 9.46 Å². The molecule has 2 N–H and O–H groups in total. The van der Waals surface area contributed by atoms with Gasteiger partial charge in [-0.2, -0.15) is 4.72 Å². The maximum Gasteiger partial charge on any atom is 0.329 e. The number of rotatable bonds is 5. The van der Waals surface area contributed by atoms with Crippen LogP contribution in [0.2, 0.25) is 0 Å². The van der Waals surface area contributed by atoms with Crippen LogP contribution in [0.1, 0.15) is 12.5 Å². The fraction of sp³-hybridized carbons (Fsp3) is 0.167. The zero-order chi connectivity index (χ0) is 18.0. The molecule has 6 nitrogen and oxygen atoms in total. The monoisotopic (exact) mass is 358 g/mol. The topological polar surface area (TPSA) is 88.3 Å². The van der Waals surface area contributed by atoms with Crippen molar-refractivity contribution in [3.63, 3.8) is 0 Å². The lowest BCUT2D eigenvalue weighted by Crippen LogP contribution is -2.40. The molecule has 1 atom stereocenters. The first-order valence-corrected chi connectivity index (χ1v) is 9.22. The van der Waals surface area contributed by atoms with Crippen LogP contribution in [0.5, 0.6) is 5.75 Å². The number of aromatic amines is 1. The third-order valence-electron chi connectivity index (χ3n) is 3.78. The van der Waals surface area contributed by atoms with Gasteiger partial charge in [-0.3, -0.25) is 0 Å². The largest absolute Gasteiger partial charge is 0.423 e. The van der Waals surface area contributed by atoms with Crippen LogP contribution in [-0.4, -0.2) is 25.4 Å². The van der Waals surface area contributed by atoms with E-state index < -0.39 is 22.0 Å². The molecule has 25 heavy (non-hydrogen) atoms. The van der Waals surface area contributed by atoms with Crippen LogP contribution in [0.25, 0.3) is 10.9 Å². The minimum Gasteiger partial charge on any atom is -0.423 e. The predicted octanol–water partition coefficient (Wildman–Crippen LogP) is 2.75. The molecule has 0 radical (unpaired) electrons. The van der Waals surface area contributed by atoms with Gasteiger partial charge in [0.25, 0.3) is 0 Å². The van der Waals surface area contributed by atoms with Gasteiger partial charge in [0, 0.05) is 17.1 Å². The van der Waals surface area contributed by atoms with Gasteiger partial charge >= 0.3 is 5.97 Å². The van der Waals surface area contributed by atoms with Crippen molar-refractivity contribution in [3.05, 3.63) is 60.3 Å². The third kappa shape index (κ3) is 3.72. The summed E-state index contributed by atoms with van der Waals surface area (Å²) in [4.78, 5) is 15.4. The van der Waals surface area contributed by atoms with E-state index in [0.29, 0.717) is 5.75 Å². The fourth-order valence-electron chi connectivity index (χ4n) is 2.39. The van der Waals surface area contributed by atoms with Crippen molar-refractivity contribution < 1.29 is 17.9 Å². The highest BCUT2D eigenvalue weighted by Crippen LogP contribution is 2.25. The summed E-state index contributed by atoms with van der Waals surface area (Å²) in [5.74, 6) is -0.317. The van der Waals surface area contributed by atoms with Gasteiger partial charge in [0.15, 0.2) is 5.75 Å². The fourth-order valence-corrected chi connectivity index (χ4v) is 3.58. The van der Waals surface area contributed by atoms with Gasteiger partial charge in [-0.15, -0.1) is 0 Å². The summed E-state index contributed by atoms with van der Waals surface area (Å²) in [6.45, 7) is 3.31. The lowest BCUT2D eigenvalue weighted by molar-refractivity contribution is -0.135. The second kappa shape index (κ2) is 6.70. The number of carbonyl (C=O) groups excluding carboxylic acids is 1. The van der Waals surface area contributed by atoms with E-state index in [1.807, 2.05) is 31.2 Å². The summed E-state index contributed by atoms with van der Waals surface area (Å²) in [6, 6.07) is 12.7. The maximum atomic E-state index is 12.3. The second-order valence-corrected chi connectivity index (χ2v) is 7.49. The molecule has 0 saturated carbocycles. The number of hydrogen-bond acceptors (Lipinski definition) is 4. The summed E-state index contributed by atoms with van der Waals surface area (Å²) in [5, 5.41) is 0.754. The maximum absolute atomic E-state index is 12.3. The third-order valence-corrected chi connectivity index (χ3v) is 5.34. The van der Waals surface area contributed by atoms with Crippen LogP contribution in [-0.2, 0) is 14.8 Å². The molecular formula is C18H18N2O4S. The van der Waals surface area contributed by atoms with E-state index >= 15 is 0 Å². The molecule has 3 aromatic rings. The predicted molar refractivity (Wildman–Crippen MR) is 94.9 cm³/mol. The highest BCUT2D eigenvalue weighted by atomic mass is 32.2. The van der Waals surface area contributed by atoms with Crippen molar-refractivity contribution in [1.29, 1.82) is 0 Å². The molecule has 0 aliphatic rings. The first kappa shape index (κ1) is 17.2. The van der Waals surface area contributed by atoms with Crippen molar-refractivity contribution in [3.8, 4) is 5.75 Å². The number of aryl methyl sites for hydroxylation is 1. The van der Waals surface area contributed by atoms with Crippen LogP contribution in [0.4, 0.5) is 0 Å². The highest BCUT2D eigenvalue weighted by molar-refractivity contribution is 7.89. The van der Waals surface area contributed by atoms with Crippen LogP contribution in [0.15, 0.2) is 59.6 Å². The highest BCUT2D eigenvalue weighted by Gasteiger charge is 2.24. The molecule has 1 aromatic heterocycles. The molecule has 0 fully saturated rings. The second-order valence-electron chi connectivity index (χ2n) is 5.78. The van der Waals surface area contributed by atoms with Gasteiger partial charge in [0.05, 0.1) is 4.90 Å². The van der Waals surface area contributed by atoms with Gasteiger partial charge < -0.3 is 9.72 Å². The van der Waals surface area contributed by atoms with Gasteiger partial charge in [-0.25, -0.2) is 13.2 Å². The first-order valence-electron chi connectivity index (χ1n) is 7.73. The van der Waals surface area contributed by atoms with E-state index in [1.54, 1.807) is 18.3 Å². The quantitative estimate of drug-likeness (QED) is 0.687. The van der Waals surface area contributed by atoms with Crippen molar-refractivity contribution in [2.45, 2.75) is 24.8 Å². The zero-order valence-electron chi connectivity index (χ0n) is 13.8.